The number of amides is 1. The van der Waals surface area contributed by atoms with Gasteiger partial charge in [0.25, 0.3) is 0 Å². The first-order valence-corrected chi connectivity index (χ1v) is 5.85. The normalized spacial score (nSPS) is 21.0. The lowest BCUT2D eigenvalue weighted by Gasteiger charge is -2.14. The predicted molar refractivity (Wildman–Crippen MR) is 58.5 cm³/mol. The lowest BCUT2D eigenvalue weighted by Crippen LogP contribution is -2.24. The van der Waals surface area contributed by atoms with Crippen LogP contribution in [-0.4, -0.2) is 23.1 Å². The van der Waals surface area contributed by atoms with Crippen molar-refractivity contribution in [3.05, 3.63) is 22.4 Å². The van der Waals surface area contributed by atoms with Crippen LogP contribution in [0, 0.1) is 5.92 Å². The summed E-state index contributed by atoms with van der Waals surface area (Å²) in [5.41, 5.74) is 0. The number of likely N-dealkylation sites (tertiary alicyclic amines) is 1. The monoisotopic (exact) mass is 223 g/mol. The second-order valence-corrected chi connectivity index (χ2v) is 4.90. The predicted octanol–water partition coefficient (Wildman–Crippen LogP) is 1.69. The molecule has 1 aromatic rings. The zero-order valence-electron chi connectivity index (χ0n) is 8.60. The summed E-state index contributed by atoms with van der Waals surface area (Å²) in [4.78, 5) is 25.7. The summed E-state index contributed by atoms with van der Waals surface area (Å²) in [5.74, 6) is 0.137. The van der Waals surface area contributed by atoms with Crippen LogP contribution >= 0.6 is 11.3 Å². The molecule has 4 heteroatoms. The van der Waals surface area contributed by atoms with E-state index in [0.717, 1.165) is 0 Å². The highest BCUT2D eigenvalue weighted by Gasteiger charge is 2.32. The van der Waals surface area contributed by atoms with Crippen LogP contribution in [0.1, 0.15) is 18.2 Å². The highest BCUT2D eigenvalue weighted by Crippen LogP contribution is 2.22. The Hall–Kier alpha value is -1.16. The number of thiophene rings is 1. The molecule has 0 aromatic carbocycles. The van der Waals surface area contributed by atoms with Crippen LogP contribution in [0.3, 0.4) is 0 Å². The third-order valence-electron chi connectivity index (χ3n) is 2.72. The fourth-order valence-corrected chi connectivity index (χ4v) is 2.51. The van der Waals surface area contributed by atoms with E-state index in [1.54, 1.807) is 23.2 Å². The van der Waals surface area contributed by atoms with Crippen molar-refractivity contribution in [2.75, 3.05) is 6.54 Å². The molecule has 0 saturated carbocycles. The van der Waals surface area contributed by atoms with Crippen LogP contribution in [-0.2, 0) is 16.1 Å². The standard InChI is InChI=1S/C11H13NO2S/c1-8(13)9-5-11(14)12(6-9)7-10-3-2-4-15-10/h2-4,9H,5-7H2,1H3. The van der Waals surface area contributed by atoms with E-state index in [9.17, 15) is 9.59 Å². The van der Waals surface area contributed by atoms with Gasteiger partial charge in [-0.15, -0.1) is 11.3 Å². The SMILES string of the molecule is CC(=O)C1CC(=O)N(Cc2cccs2)C1. The van der Waals surface area contributed by atoms with Gasteiger partial charge in [-0.1, -0.05) is 6.07 Å². The molecule has 15 heavy (non-hydrogen) atoms. The van der Waals surface area contributed by atoms with E-state index in [4.69, 9.17) is 0 Å². The van der Waals surface area contributed by atoms with Crippen molar-refractivity contribution in [2.24, 2.45) is 5.92 Å². The zero-order chi connectivity index (χ0) is 10.8. The van der Waals surface area contributed by atoms with Crippen molar-refractivity contribution < 1.29 is 9.59 Å². The summed E-state index contributed by atoms with van der Waals surface area (Å²) < 4.78 is 0. The van der Waals surface area contributed by atoms with Crippen molar-refractivity contribution in [3.8, 4) is 0 Å². The van der Waals surface area contributed by atoms with Gasteiger partial charge in [0.1, 0.15) is 5.78 Å². The second-order valence-electron chi connectivity index (χ2n) is 3.87. The first-order chi connectivity index (χ1) is 7.16. The Labute approximate surface area is 92.7 Å². The Morgan fingerprint density at radius 1 is 1.67 bits per heavy atom. The summed E-state index contributed by atoms with van der Waals surface area (Å²) >= 11 is 1.64. The third-order valence-corrected chi connectivity index (χ3v) is 3.58. The van der Waals surface area contributed by atoms with E-state index in [1.165, 1.54) is 4.88 Å². The van der Waals surface area contributed by atoms with Gasteiger partial charge < -0.3 is 4.90 Å². The highest BCUT2D eigenvalue weighted by atomic mass is 32.1. The molecule has 0 aliphatic carbocycles. The highest BCUT2D eigenvalue weighted by molar-refractivity contribution is 7.09. The number of Topliss-reactive ketones (excluding diaryl/α,β-unsaturated/α-hetero) is 1. The van der Waals surface area contributed by atoms with Crippen LogP contribution in [0.2, 0.25) is 0 Å². The first-order valence-electron chi connectivity index (χ1n) is 4.97. The van der Waals surface area contributed by atoms with Crippen molar-refractivity contribution in [1.82, 2.24) is 4.90 Å². The number of carbonyl (C=O) groups is 2. The molecular weight excluding hydrogens is 210 g/mol. The van der Waals surface area contributed by atoms with Crippen LogP contribution in [0.4, 0.5) is 0 Å². The largest absolute Gasteiger partial charge is 0.337 e. The molecule has 1 atom stereocenters. The Kier molecular flexibility index (Phi) is 2.86. The van der Waals surface area contributed by atoms with E-state index in [1.807, 2.05) is 17.5 Å². The van der Waals surface area contributed by atoms with Gasteiger partial charge in [0.05, 0.1) is 6.54 Å². The molecule has 1 amide bonds. The number of hydrogen-bond donors (Lipinski definition) is 0. The molecule has 80 valence electrons. The van der Waals surface area contributed by atoms with Gasteiger partial charge >= 0.3 is 0 Å². The van der Waals surface area contributed by atoms with E-state index < -0.39 is 0 Å². The van der Waals surface area contributed by atoms with Crippen molar-refractivity contribution >= 4 is 23.0 Å². The molecule has 2 rings (SSSR count). The second kappa shape index (κ2) is 4.14. The van der Waals surface area contributed by atoms with Gasteiger partial charge in [-0.05, 0) is 18.4 Å². The minimum absolute atomic E-state index is 0.0857. The van der Waals surface area contributed by atoms with Crippen LogP contribution < -0.4 is 0 Å². The summed E-state index contributed by atoms with van der Waals surface area (Å²) in [6.45, 7) is 2.80. The molecule has 1 aliphatic rings. The maximum absolute atomic E-state index is 11.6. The van der Waals surface area contributed by atoms with Gasteiger partial charge in [0.15, 0.2) is 0 Å². The summed E-state index contributed by atoms with van der Waals surface area (Å²) in [5, 5.41) is 2.00. The van der Waals surface area contributed by atoms with Crippen LogP contribution in [0.5, 0.6) is 0 Å². The molecule has 3 nitrogen and oxygen atoms in total. The molecule has 0 bridgehead atoms. The first kappa shape index (κ1) is 10.4. The van der Waals surface area contributed by atoms with E-state index in [0.29, 0.717) is 19.5 Å². The molecule has 1 unspecified atom stereocenters. The molecule has 0 spiro atoms. The lowest BCUT2D eigenvalue weighted by atomic mass is 10.1. The molecule has 1 saturated heterocycles. The molecule has 2 heterocycles. The smallest absolute Gasteiger partial charge is 0.223 e. The summed E-state index contributed by atoms with van der Waals surface area (Å²) in [6.07, 6.45) is 0.390. The Bertz CT molecular complexity index is 372. The molecule has 0 N–H and O–H groups in total. The number of hydrogen-bond acceptors (Lipinski definition) is 3. The average molecular weight is 223 g/mol. The molecule has 1 fully saturated rings. The van der Waals surface area contributed by atoms with Crippen molar-refractivity contribution in [1.29, 1.82) is 0 Å². The van der Waals surface area contributed by atoms with Crippen molar-refractivity contribution in [2.45, 2.75) is 19.9 Å². The molecule has 0 radical (unpaired) electrons. The Morgan fingerprint density at radius 3 is 3.00 bits per heavy atom. The number of carbonyl (C=O) groups excluding carboxylic acids is 2. The maximum Gasteiger partial charge on any atom is 0.223 e. The van der Waals surface area contributed by atoms with Crippen LogP contribution in [0.25, 0.3) is 0 Å². The van der Waals surface area contributed by atoms with E-state index in [-0.39, 0.29) is 17.6 Å². The van der Waals surface area contributed by atoms with Gasteiger partial charge in [0.2, 0.25) is 5.91 Å². The number of nitrogens with zero attached hydrogens (tertiary/aromatic N) is 1. The zero-order valence-corrected chi connectivity index (χ0v) is 9.42. The van der Waals surface area contributed by atoms with Gasteiger partial charge in [-0.2, -0.15) is 0 Å². The number of ketones is 1. The van der Waals surface area contributed by atoms with Crippen molar-refractivity contribution in [3.63, 3.8) is 0 Å². The average Bonchev–Trinajstić information content (AvgIpc) is 2.77. The minimum Gasteiger partial charge on any atom is -0.337 e. The Balaban J connectivity index is 2.00. The topological polar surface area (TPSA) is 37.4 Å². The summed E-state index contributed by atoms with van der Waals surface area (Å²) in [7, 11) is 0. The van der Waals surface area contributed by atoms with Crippen LogP contribution in [0.15, 0.2) is 17.5 Å². The molecule has 1 aromatic heterocycles. The van der Waals surface area contributed by atoms with Gasteiger partial charge in [-0.25, -0.2) is 0 Å². The molecular formula is C11H13NO2S. The lowest BCUT2D eigenvalue weighted by molar-refractivity contribution is -0.128. The quantitative estimate of drug-likeness (QED) is 0.782. The van der Waals surface area contributed by atoms with E-state index in [2.05, 4.69) is 0 Å². The molecule has 1 aliphatic heterocycles. The summed E-state index contributed by atoms with van der Waals surface area (Å²) in [6, 6.07) is 3.99. The minimum atomic E-state index is -0.0857. The third kappa shape index (κ3) is 2.26. The fourth-order valence-electron chi connectivity index (χ4n) is 1.79. The van der Waals surface area contributed by atoms with Gasteiger partial charge in [-0.3, -0.25) is 9.59 Å². The number of rotatable bonds is 3. The van der Waals surface area contributed by atoms with E-state index >= 15 is 0 Å². The Morgan fingerprint density at radius 2 is 2.47 bits per heavy atom. The van der Waals surface area contributed by atoms with Gasteiger partial charge in [0, 0.05) is 23.8 Å². The fraction of sp³-hybridized carbons (Fsp3) is 0.455. The maximum atomic E-state index is 11.6.